The molecule has 1 aliphatic rings. The molecule has 96 valence electrons. The molecule has 18 heavy (non-hydrogen) atoms. The zero-order chi connectivity index (χ0) is 13.3. The van der Waals surface area contributed by atoms with Crippen LogP contribution in [0.5, 0.6) is 0 Å². The summed E-state index contributed by atoms with van der Waals surface area (Å²) in [6.45, 7) is 6.47. The third-order valence-corrected chi connectivity index (χ3v) is 4.00. The molecule has 1 heterocycles. The number of hydrogen-bond acceptors (Lipinski definition) is 3. The minimum absolute atomic E-state index is 0.0927. The van der Waals surface area contributed by atoms with Crippen LogP contribution in [-0.4, -0.2) is 16.1 Å². The minimum Gasteiger partial charge on any atom is -0.273 e. The Bertz CT molecular complexity index is 458. The Kier molecular flexibility index (Phi) is 3.48. The lowest BCUT2D eigenvalue weighted by Crippen LogP contribution is -2.20. The Hall–Kier alpha value is -1.29. The molecular formula is C14H17NO2S. The Morgan fingerprint density at radius 3 is 1.94 bits per heavy atom. The molecule has 0 N–H and O–H groups in total. The maximum Gasteiger partial charge on any atom is 0.240 e. The van der Waals surface area contributed by atoms with Crippen LogP contribution in [0.3, 0.4) is 0 Å². The highest BCUT2D eigenvalue weighted by Crippen LogP contribution is 2.30. The number of rotatable bonds is 2. The zero-order valence-corrected chi connectivity index (χ0v) is 11.7. The topological polar surface area (TPSA) is 37.4 Å². The van der Waals surface area contributed by atoms with Crippen molar-refractivity contribution in [2.75, 3.05) is 0 Å². The number of carbonyl (C=O) groups excluding carboxylic acids is 2. The molecule has 1 aromatic carbocycles. The SMILES string of the molecule is CC(C)(C)c1ccc(SN2C(=O)CCC2=O)cc1. The molecule has 0 aromatic heterocycles. The molecule has 0 aliphatic carbocycles. The van der Waals surface area contributed by atoms with E-state index in [1.807, 2.05) is 24.3 Å². The number of benzene rings is 1. The summed E-state index contributed by atoms with van der Waals surface area (Å²) >= 11 is 1.22. The Morgan fingerprint density at radius 1 is 1.00 bits per heavy atom. The fraction of sp³-hybridized carbons (Fsp3) is 0.429. The number of carbonyl (C=O) groups is 2. The van der Waals surface area contributed by atoms with Gasteiger partial charge in [0.15, 0.2) is 0 Å². The molecule has 0 unspecified atom stereocenters. The molecule has 1 saturated heterocycles. The van der Waals surface area contributed by atoms with Gasteiger partial charge < -0.3 is 0 Å². The second-order valence-corrected chi connectivity index (χ2v) is 6.47. The summed E-state index contributed by atoms with van der Waals surface area (Å²) in [5, 5.41) is 0. The van der Waals surface area contributed by atoms with Gasteiger partial charge in [0.25, 0.3) is 0 Å². The molecule has 3 nitrogen and oxygen atoms in total. The van der Waals surface area contributed by atoms with Crippen molar-refractivity contribution in [3.05, 3.63) is 29.8 Å². The van der Waals surface area contributed by atoms with Crippen LogP contribution < -0.4 is 0 Å². The largest absolute Gasteiger partial charge is 0.273 e. The van der Waals surface area contributed by atoms with Crippen molar-refractivity contribution in [2.24, 2.45) is 0 Å². The summed E-state index contributed by atoms with van der Waals surface area (Å²) in [5.74, 6) is -0.185. The van der Waals surface area contributed by atoms with Gasteiger partial charge in [0.1, 0.15) is 0 Å². The summed E-state index contributed by atoms with van der Waals surface area (Å²) in [6, 6.07) is 8.02. The number of amides is 2. The molecule has 0 atom stereocenters. The average Bonchev–Trinajstić information content (AvgIpc) is 2.60. The second kappa shape index (κ2) is 4.76. The minimum atomic E-state index is -0.0927. The van der Waals surface area contributed by atoms with Gasteiger partial charge in [0, 0.05) is 17.7 Å². The predicted octanol–water partition coefficient (Wildman–Crippen LogP) is 3.14. The van der Waals surface area contributed by atoms with Gasteiger partial charge in [-0.25, -0.2) is 4.31 Å². The van der Waals surface area contributed by atoms with Crippen molar-refractivity contribution in [1.29, 1.82) is 0 Å². The van der Waals surface area contributed by atoms with E-state index in [9.17, 15) is 9.59 Å². The normalized spacial score (nSPS) is 16.5. The van der Waals surface area contributed by atoms with E-state index in [0.29, 0.717) is 12.8 Å². The Balaban J connectivity index is 2.11. The van der Waals surface area contributed by atoms with Gasteiger partial charge in [0.05, 0.1) is 0 Å². The molecular weight excluding hydrogens is 246 g/mol. The number of nitrogens with zero attached hydrogens (tertiary/aromatic N) is 1. The first kappa shape index (κ1) is 13.1. The van der Waals surface area contributed by atoms with Gasteiger partial charge in [-0.3, -0.25) is 9.59 Å². The molecule has 2 rings (SSSR count). The molecule has 0 spiro atoms. The summed E-state index contributed by atoms with van der Waals surface area (Å²) in [4.78, 5) is 23.9. The Morgan fingerprint density at radius 2 is 1.50 bits per heavy atom. The van der Waals surface area contributed by atoms with Gasteiger partial charge in [-0.05, 0) is 35.1 Å². The van der Waals surface area contributed by atoms with E-state index in [4.69, 9.17) is 0 Å². The molecule has 0 radical (unpaired) electrons. The quantitative estimate of drug-likeness (QED) is 0.607. The highest BCUT2D eigenvalue weighted by atomic mass is 32.2. The lowest BCUT2D eigenvalue weighted by Gasteiger charge is -2.19. The standard InChI is InChI=1S/C14H17NO2S/c1-14(2,3)10-4-6-11(7-5-10)18-15-12(16)8-9-13(15)17/h4-7H,8-9H2,1-3H3. The number of hydrogen-bond donors (Lipinski definition) is 0. The van der Waals surface area contributed by atoms with Gasteiger partial charge in [-0.15, -0.1) is 0 Å². The van der Waals surface area contributed by atoms with Crippen molar-refractivity contribution in [2.45, 2.75) is 43.9 Å². The first-order chi connectivity index (χ1) is 8.38. The third kappa shape index (κ3) is 2.75. The maximum absolute atomic E-state index is 11.5. The van der Waals surface area contributed by atoms with Crippen molar-refractivity contribution in [1.82, 2.24) is 4.31 Å². The van der Waals surface area contributed by atoms with Crippen molar-refractivity contribution in [3.8, 4) is 0 Å². The average molecular weight is 263 g/mol. The van der Waals surface area contributed by atoms with E-state index in [2.05, 4.69) is 20.8 Å². The van der Waals surface area contributed by atoms with E-state index < -0.39 is 0 Å². The highest BCUT2D eigenvalue weighted by Gasteiger charge is 2.30. The molecule has 1 aromatic rings. The molecule has 2 amide bonds. The van der Waals surface area contributed by atoms with E-state index in [-0.39, 0.29) is 17.2 Å². The second-order valence-electron chi connectivity index (χ2n) is 5.45. The summed E-state index contributed by atoms with van der Waals surface area (Å²) < 4.78 is 1.27. The lowest BCUT2D eigenvalue weighted by atomic mass is 9.87. The summed E-state index contributed by atoms with van der Waals surface area (Å²) in [5.41, 5.74) is 1.36. The lowest BCUT2D eigenvalue weighted by molar-refractivity contribution is -0.131. The summed E-state index contributed by atoms with van der Waals surface area (Å²) in [7, 11) is 0. The molecule has 1 fully saturated rings. The van der Waals surface area contributed by atoms with E-state index in [0.717, 1.165) is 4.90 Å². The van der Waals surface area contributed by atoms with Gasteiger partial charge in [-0.2, -0.15) is 0 Å². The Labute approximate surface area is 112 Å². The van der Waals surface area contributed by atoms with E-state index in [1.54, 1.807) is 0 Å². The van der Waals surface area contributed by atoms with Crippen molar-refractivity contribution >= 4 is 23.8 Å². The third-order valence-electron chi connectivity index (χ3n) is 2.92. The van der Waals surface area contributed by atoms with Gasteiger partial charge in [0.2, 0.25) is 11.8 Å². The number of imide groups is 1. The van der Waals surface area contributed by atoms with Crippen LogP contribution in [0.15, 0.2) is 29.2 Å². The zero-order valence-electron chi connectivity index (χ0n) is 10.9. The molecule has 1 aliphatic heterocycles. The first-order valence-corrected chi connectivity index (χ1v) is 6.79. The van der Waals surface area contributed by atoms with Crippen LogP contribution in [-0.2, 0) is 15.0 Å². The molecule has 0 saturated carbocycles. The van der Waals surface area contributed by atoms with Crippen LogP contribution in [0.2, 0.25) is 0 Å². The van der Waals surface area contributed by atoms with Crippen LogP contribution in [0.1, 0.15) is 39.2 Å². The highest BCUT2D eigenvalue weighted by molar-refractivity contribution is 7.98. The van der Waals surface area contributed by atoms with Crippen molar-refractivity contribution in [3.63, 3.8) is 0 Å². The summed E-state index contributed by atoms with van der Waals surface area (Å²) in [6.07, 6.45) is 0.678. The monoisotopic (exact) mass is 263 g/mol. The molecule has 0 bridgehead atoms. The van der Waals surface area contributed by atoms with Crippen molar-refractivity contribution < 1.29 is 9.59 Å². The van der Waals surface area contributed by atoms with Crippen LogP contribution in [0.25, 0.3) is 0 Å². The maximum atomic E-state index is 11.5. The fourth-order valence-corrected chi connectivity index (χ4v) is 2.63. The van der Waals surface area contributed by atoms with E-state index >= 15 is 0 Å². The van der Waals surface area contributed by atoms with Gasteiger partial charge >= 0.3 is 0 Å². The van der Waals surface area contributed by atoms with E-state index in [1.165, 1.54) is 21.8 Å². The van der Waals surface area contributed by atoms with Crippen LogP contribution >= 0.6 is 11.9 Å². The van der Waals surface area contributed by atoms with Crippen LogP contribution in [0, 0.1) is 0 Å². The fourth-order valence-electron chi connectivity index (χ4n) is 1.78. The van der Waals surface area contributed by atoms with Gasteiger partial charge in [-0.1, -0.05) is 32.9 Å². The predicted molar refractivity (Wildman–Crippen MR) is 72.1 cm³/mol. The van der Waals surface area contributed by atoms with Crippen LogP contribution in [0.4, 0.5) is 0 Å². The molecule has 4 heteroatoms. The first-order valence-electron chi connectivity index (χ1n) is 6.02. The smallest absolute Gasteiger partial charge is 0.240 e.